The molecule has 3 fully saturated rings. The highest BCUT2D eigenvalue weighted by Crippen LogP contribution is 2.45. The maximum atomic E-state index is 5.57. The second-order valence-electron chi connectivity index (χ2n) is 7.76. The number of rotatable bonds is 4. The van der Waals surface area contributed by atoms with E-state index in [1.54, 1.807) is 0 Å². The summed E-state index contributed by atoms with van der Waals surface area (Å²) in [7, 11) is 1.85. The van der Waals surface area contributed by atoms with E-state index < -0.39 is 0 Å². The molecule has 2 saturated carbocycles. The van der Waals surface area contributed by atoms with Crippen LogP contribution in [0.25, 0.3) is 0 Å². The van der Waals surface area contributed by atoms with Crippen LogP contribution in [0.5, 0.6) is 0 Å². The number of nitrogens with one attached hydrogen (secondary N) is 1. The lowest BCUT2D eigenvalue weighted by molar-refractivity contribution is -0.0480. The van der Waals surface area contributed by atoms with Crippen molar-refractivity contribution in [3.63, 3.8) is 0 Å². The molecule has 3 heteroatoms. The quantitative estimate of drug-likeness (QED) is 0.857. The van der Waals surface area contributed by atoms with Crippen LogP contribution in [0.2, 0.25) is 0 Å². The van der Waals surface area contributed by atoms with Crippen molar-refractivity contribution < 1.29 is 4.74 Å². The van der Waals surface area contributed by atoms with Crippen molar-refractivity contribution in [3.8, 4) is 0 Å². The summed E-state index contributed by atoms with van der Waals surface area (Å²) in [5.74, 6) is 0.906. The Balaban J connectivity index is 1.75. The number of hydrogen-bond acceptors (Lipinski definition) is 3. The third kappa shape index (κ3) is 2.77. The van der Waals surface area contributed by atoms with Gasteiger partial charge >= 0.3 is 0 Å². The molecule has 1 heterocycles. The minimum Gasteiger partial charge on any atom is -0.380 e. The Kier molecular flexibility index (Phi) is 4.13. The highest BCUT2D eigenvalue weighted by Gasteiger charge is 2.51. The Morgan fingerprint density at radius 3 is 2.55 bits per heavy atom. The second-order valence-corrected chi connectivity index (χ2v) is 7.76. The molecule has 0 aromatic carbocycles. The van der Waals surface area contributed by atoms with Gasteiger partial charge < -0.3 is 10.1 Å². The molecular weight excluding hydrogens is 248 g/mol. The fourth-order valence-corrected chi connectivity index (χ4v) is 4.44. The summed E-state index contributed by atoms with van der Waals surface area (Å²) in [6.45, 7) is 8.17. The third-order valence-electron chi connectivity index (χ3n) is 6.15. The second kappa shape index (κ2) is 5.58. The van der Waals surface area contributed by atoms with Gasteiger partial charge in [-0.3, -0.25) is 4.90 Å². The van der Waals surface area contributed by atoms with Gasteiger partial charge in [0.1, 0.15) is 0 Å². The normalized spacial score (nSPS) is 36.1. The Hall–Kier alpha value is -0.120. The number of nitrogens with zero attached hydrogens (tertiary/aromatic N) is 1. The molecule has 0 aromatic heterocycles. The van der Waals surface area contributed by atoms with E-state index in [0.29, 0.717) is 17.2 Å². The van der Waals surface area contributed by atoms with Gasteiger partial charge in [-0.25, -0.2) is 0 Å². The zero-order chi connectivity index (χ0) is 14.2. The van der Waals surface area contributed by atoms with Gasteiger partial charge in [0, 0.05) is 37.8 Å². The van der Waals surface area contributed by atoms with Crippen molar-refractivity contribution in [2.45, 2.75) is 76.0 Å². The summed E-state index contributed by atoms with van der Waals surface area (Å²) < 4.78 is 5.57. The molecule has 0 amide bonds. The van der Waals surface area contributed by atoms with Crippen molar-refractivity contribution in [3.05, 3.63) is 0 Å². The molecule has 0 radical (unpaired) electrons. The molecule has 3 nitrogen and oxygen atoms in total. The van der Waals surface area contributed by atoms with E-state index >= 15 is 0 Å². The lowest BCUT2D eigenvalue weighted by Crippen LogP contribution is -2.71. The molecule has 3 rings (SSSR count). The van der Waals surface area contributed by atoms with Crippen LogP contribution in [0.4, 0.5) is 0 Å². The molecule has 0 aromatic rings. The van der Waals surface area contributed by atoms with E-state index in [4.69, 9.17) is 4.74 Å². The molecule has 2 aliphatic carbocycles. The lowest BCUT2D eigenvalue weighted by atomic mass is 9.75. The molecule has 0 bridgehead atoms. The van der Waals surface area contributed by atoms with Gasteiger partial charge in [0.15, 0.2) is 0 Å². The van der Waals surface area contributed by atoms with E-state index in [0.717, 1.165) is 12.5 Å². The van der Waals surface area contributed by atoms with E-state index in [1.165, 1.54) is 58.0 Å². The molecule has 1 spiro atoms. The van der Waals surface area contributed by atoms with Gasteiger partial charge in [0.25, 0.3) is 0 Å². The Labute approximate surface area is 124 Å². The van der Waals surface area contributed by atoms with Gasteiger partial charge in [-0.2, -0.15) is 0 Å². The average Bonchev–Trinajstić information content (AvgIpc) is 3.29. The Bertz CT molecular complexity index is 336. The summed E-state index contributed by atoms with van der Waals surface area (Å²) >= 11 is 0. The number of piperazine rings is 1. The van der Waals surface area contributed by atoms with Gasteiger partial charge in [-0.1, -0.05) is 19.3 Å². The molecule has 2 atom stereocenters. The standard InChI is InChI=1S/C17H32N2O/c1-14(20-3)11-19-13-16(2,15-7-8-15)18-12-17(19)9-5-4-6-10-17/h14-15,18H,4-13H2,1-3H3. The first-order valence-corrected chi connectivity index (χ1v) is 8.61. The minimum absolute atomic E-state index is 0.343. The molecule has 116 valence electrons. The number of hydrogen-bond donors (Lipinski definition) is 1. The minimum atomic E-state index is 0.343. The maximum absolute atomic E-state index is 5.57. The monoisotopic (exact) mass is 280 g/mol. The summed E-state index contributed by atoms with van der Waals surface area (Å²) in [6.07, 6.45) is 10.2. The molecule has 1 N–H and O–H groups in total. The van der Waals surface area contributed by atoms with Crippen LogP contribution < -0.4 is 5.32 Å². The van der Waals surface area contributed by atoms with Gasteiger partial charge in [0.05, 0.1) is 6.10 Å². The van der Waals surface area contributed by atoms with Gasteiger partial charge in [-0.15, -0.1) is 0 Å². The summed E-state index contributed by atoms with van der Waals surface area (Å²) in [4.78, 5) is 2.80. The first-order valence-electron chi connectivity index (χ1n) is 8.61. The SMILES string of the molecule is COC(C)CN1CC(C)(C2CC2)NCC12CCCCC2. The van der Waals surface area contributed by atoms with Crippen molar-refractivity contribution in [1.29, 1.82) is 0 Å². The van der Waals surface area contributed by atoms with Crippen LogP contribution in [0.1, 0.15) is 58.8 Å². The highest BCUT2D eigenvalue weighted by molar-refractivity contribution is 5.09. The van der Waals surface area contributed by atoms with Crippen LogP contribution in [0.3, 0.4) is 0 Å². The Morgan fingerprint density at radius 1 is 1.25 bits per heavy atom. The topological polar surface area (TPSA) is 24.5 Å². The van der Waals surface area contributed by atoms with Crippen LogP contribution in [-0.4, -0.2) is 48.8 Å². The molecule has 1 aliphatic heterocycles. The number of methoxy groups -OCH3 is 1. The maximum Gasteiger partial charge on any atom is 0.0670 e. The molecule has 2 unspecified atom stereocenters. The van der Waals surface area contributed by atoms with E-state index in [2.05, 4.69) is 24.1 Å². The lowest BCUT2D eigenvalue weighted by Gasteiger charge is -2.56. The van der Waals surface area contributed by atoms with Crippen molar-refractivity contribution in [1.82, 2.24) is 10.2 Å². The predicted molar refractivity (Wildman–Crippen MR) is 83.0 cm³/mol. The molecule has 20 heavy (non-hydrogen) atoms. The van der Waals surface area contributed by atoms with Gasteiger partial charge in [-0.05, 0) is 45.4 Å². The van der Waals surface area contributed by atoms with Crippen LogP contribution in [-0.2, 0) is 4.74 Å². The smallest absolute Gasteiger partial charge is 0.0670 e. The van der Waals surface area contributed by atoms with E-state index in [9.17, 15) is 0 Å². The average molecular weight is 280 g/mol. The molecular formula is C17H32N2O. The van der Waals surface area contributed by atoms with E-state index in [-0.39, 0.29) is 0 Å². The fraction of sp³-hybridized carbons (Fsp3) is 1.00. The highest BCUT2D eigenvalue weighted by atomic mass is 16.5. The first kappa shape index (κ1) is 14.8. The van der Waals surface area contributed by atoms with Crippen LogP contribution in [0, 0.1) is 5.92 Å². The Morgan fingerprint density at radius 2 is 1.95 bits per heavy atom. The first-order chi connectivity index (χ1) is 9.58. The summed E-state index contributed by atoms with van der Waals surface area (Å²) in [5.41, 5.74) is 0.760. The predicted octanol–water partition coefficient (Wildman–Crippen LogP) is 2.80. The van der Waals surface area contributed by atoms with Crippen molar-refractivity contribution >= 4 is 0 Å². The van der Waals surface area contributed by atoms with Crippen LogP contribution >= 0.6 is 0 Å². The van der Waals surface area contributed by atoms with Crippen molar-refractivity contribution in [2.75, 3.05) is 26.7 Å². The summed E-state index contributed by atoms with van der Waals surface area (Å²) in [5, 5.41) is 3.96. The zero-order valence-corrected chi connectivity index (χ0v) is 13.6. The number of ether oxygens (including phenoxy) is 1. The van der Waals surface area contributed by atoms with Crippen molar-refractivity contribution in [2.24, 2.45) is 5.92 Å². The zero-order valence-electron chi connectivity index (χ0n) is 13.6. The van der Waals surface area contributed by atoms with Gasteiger partial charge in [0.2, 0.25) is 0 Å². The third-order valence-corrected chi connectivity index (χ3v) is 6.15. The molecule has 1 saturated heterocycles. The fourth-order valence-electron chi connectivity index (χ4n) is 4.44. The summed E-state index contributed by atoms with van der Waals surface area (Å²) in [6, 6.07) is 0. The van der Waals surface area contributed by atoms with Crippen LogP contribution in [0.15, 0.2) is 0 Å². The molecule has 3 aliphatic rings. The van der Waals surface area contributed by atoms with E-state index in [1.807, 2.05) is 7.11 Å². The largest absolute Gasteiger partial charge is 0.380 e.